The van der Waals surface area contributed by atoms with Crippen molar-refractivity contribution in [2.75, 3.05) is 12.0 Å². The van der Waals surface area contributed by atoms with E-state index in [0.29, 0.717) is 17.7 Å². The van der Waals surface area contributed by atoms with Crippen LogP contribution in [-0.4, -0.2) is 40.0 Å². The van der Waals surface area contributed by atoms with Gasteiger partial charge in [-0.05, 0) is 83.7 Å². The zero-order valence-electron chi connectivity index (χ0n) is 23.7. The number of carboxylic acid groups (broad SMARTS) is 1. The summed E-state index contributed by atoms with van der Waals surface area (Å²) >= 11 is 1.56. The minimum absolute atomic E-state index is 0. The Labute approximate surface area is 248 Å². The van der Waals surface area contributed by atoms with Gasteiger partial charge in [0.05, 0.1) is 0 Å². The average Bonchev–Trinajstić information content (AvgIpc) is 2.94. The van der Waals surface area contributed by atoms with Crippen LogP contribution in [0.3, 0.4) is 0 Å². The summed E-state index contributed by atoms with van der Waals surface area (Å²) in [5.74, 6) is -0.739. The van der Waals surface area contributed by atoms with Crippen molar-refractivity contribution < 1.29 is 35.0 Å². The molecule has 5 nitrogen and oxygen atoms in total. The Morgan fingerprint density at radius 3 is 2.33 bits per heavy atom. The third-order valence-corrected chi connectivity index (χ3v) is 7.23. The maximum atomic E-state index is 13.3. The van der Waals surface area contributed by atoms with Gasteiger partial charge in [0.15, 0.2) is 0 Å². The van der Waals surface area contributed by atoms with E-state index in [-0.39, 0.29) is 26.2 Å². The second-order valence-electron chi connectivity index (χ2n) is 9.29. The molecule has 1 atom stereocenters. The first-order valence-corrected chi connectivity index (χ1v) is 14.1. The van der Waals surface area contributed by atoms with Crippen LogP contribution in [0.1, 0.15) is 34.9 Å². The van der Waals surface area contributed by atoms with E-state index in [1.807, 2.05) is 80.2 Å². The molecule has 0 aliphatic heterocycles. The first-order chi connectivity index (χ1) is 18.5. The number of nitrogens with zero attached hydrogens (tertiary/aromatic N) is 1. The molecule has 0 aliphatic rings. The molecular weight excluding hydrogens is 499 g/mol. The fourth-order valence-corrected chi connectivity index (χ4v) is 4.94. The van der Waals surface area contributed by atoms with Gasteiger partial charge in [-0.25, -0.2) is 4.79 Å². The number of pyridine rings is 1. The van der Waals surface area contributed by atoms with Gasteiger partial charge in [0, 0.05) is 23.5 Å². The molecule has 0 spiro atoms. The Hall–Kier alpha value is -3.30. The van der Waals surface area contributed by atoms with Crippen molar-refractivity contribution >= 4 is 23.6 Å². The zero-order chi connectivity index (χ0) is 26.9. The average molecular weight is 533 g/mol. The van der Waals surface area contributed by atoms with Gasteiger partial charge in [-0.3, -0.25) is 9.78 Å². The number of nitrogens with one attached hydrogen (secondary N) is 1. The van der Waals surface area contributed by atoms with Gasteiger partial charge in [-0.1, -0.05) is 66.7 Å². The number of amides is 1. The summed E-state index contributed by atoms with van der Waals surface area (Å²) in [5, 5.41) is 12.3. The van der Waals surface area contributed by atoms with Crippen LogP contribution in [0, 0.1) is 6.92 Å². The Bertz CT molecular complexity index is 1420. The van der Waals surface area contributed by atoms with E-state index in [1.54, 1.807) is 11.8 Å². The molecule has 39 heavy (non-hydrogen) atoms. The summed E-state index contributed by atoms with van der Waals surface area (Å²) in [4.78, 5) is 29.5. The molecule has 1 unspecified atom stereocenters. The number of aromatic nitrogens is 1. The van der Waals surface area contributed by atoms with Crippen LogP contribution in [0.2, 0.25) is 0 Å². The first-order valence-electron chi connectivity index (χ1n) is 12.7. The van der Waals surface area contributed by atoms with Crippen LogP contribution >= 0.6 is 11.8 Å². The van der Waals surface area contributed by atoms with Gasteiger partial charge in [0.1, 0.15) is 6.04 Å². The molecule has 2 N–H and O–H groups in total. The monoisotopic (exact) mass is 532 g/mol. The normalized spacial score (nSPS) is 11.3. The first kappa shape index (κ1) is 30.2. The molecule has 0 fully saturated rings. The molecule has 1 heterocycles. The predicted octanol–water partition coefficient (Wildman–Crippen LogP) is 3.56. The summed E-state index contributed by atoms with van der Waals surface area (Å²) in [6, 6.07) is 25.2. The quantitative estimate of drug-likeness (QED) is 0.289. The predicted molar refractivity (Wildman–Crippen MR) is 157 cm³/mol. The molecule has 3 aromatic carbocycles. The number of hydrogen-bond donors (Lipinski definition) is 2. The van der Waals surface area contributed by atoms with E-state index in [1.165, 1.54) is 0 Å². The zero-order valence-corrected chi connectivity index (χ0v) is 23.5. The van der Waals surface area contributed by atoms with E-state index in [4.69, 9.17) is 0 Å². The molecular formula is C32H33LiN2O3S. The van der Waals surface area contributed by atoms with Gasteiger partial charge >= 0.3 is 24.8 Å². The second kappa shape index (κ2) is 14.7. The third-order valence-electron chi connectivity index (χ3n) is 6.58. The number of benzene rings is 3. The molecule has 0 bridgehead atoms. The number of carbonyl (C=O) groups excluding carboxylic acids is 1. The molecule has 7 heteroatoms. The number of hydrogen-bond acceptors (Lipinski definition) is 4. The van der Waals surface area contributed by atoms with Crippen LogP contribution in [0.25, 0.3) is 22.3 Å². The van der Waals surface area contributed by atoms with Gasteiger partial charge in [0.2, 0.25) is 0 Å². The number of aliphatic carboxylic acids is 1. The molecule has 1 amide bonds. The van der Waals surface area contributed by atoms with E-state index in [2.05, 4.69) is 34.6 Å². The fraction of sp³-hybridized carbons (Fsp3) is 0.219. The molecule has 0 aliphatic carbocycles. The van der Waals surface area contributed by atoms with Crippen molar-refractivity contribution in [2.45, 2.75) is 32.2 Å². The minimum atomic E-state index is -1.02. The van der Waals surface area contributed by atoms with Crippen molar-refractivity contribution in [1.82, 2.24) is 10.3 Å². The van der Waals surface area contributed by atoms with Gasteiger partial charge in [0.25, 0.3) is 5.91 Å². The van der Waals surface area contributed by atoms with E-state index in [0.717, 1.165) is 51.8 Å². The fourth-order valence-electron chi connectivity index (χ4n) is 4.47. The Morgan fingerprint density at radius 1 is 0.897 bits per heavy atom. The number of carboxylic acids is 1. The van der Waals surface area contributed by atoms with Crippen molar-refractivity contribution in [1.29, 1.82) is 0 Å². The summed E-state index contributed by atoms with van der Waals surface area (Å²) in [7, 11) is 0. The van der Waals surface area contributed by atoms with Crippen LogP contribution in [-0.2, 0) is 17.6 Å². The Kier molecular flexibility index (Phi) is 11.4. The summed E-state index contributed by atoms with van der Waals surface area (Å²) in [6.45, 7) is 2.02. The molecule has 196 valence electrons. The minimum Gasteiger partial charge on any atom is -1.00 e. The summed E-state index contributed by atoms with van der Waals surface area (Å²) < 4.78 is 0. The topological polar surface area (TPSA) is 79.3 Å². The number of rotatable bonds is 11. The van der Waals surface area contributed by atoms with Gasteiger partial charge in [-0.2, -0.15) is 11.8 Å². The summed E-state index contributed by atoms with van der Waals surface area (Å²) in [6.07, 6.45) is 7.66. The Balaban J connectivity index is 0.00000280. The van der Waals surface area contributed by atoms with Crippen LogP contribution in [0.4, 0.5) is 0 Å². The van der Waals surface area contributed by atoms with Crippen molar-refractivity contribution in [3.05, 3.63) is 114 Å². The molecule has 0 saturated heterocycles. The summed E-state index contributed by atoms with van der Waals surface area (Å²) in [5.41, 5.74) is 7.76. The molecule has 0 saturated carbocycles. The van der Waals surface area contributed by atoms with Crippen molar-refractivity contribution in [2.24, 2.45) is 0 Å². The number of thioether (sulfide) groups is 1. The number of carbonyl (C=O) groups is 2. The largest absolute Gasteiger partial charge is 1.00 e. The smallest absolute Gasteiger partial charge is 1.00 e. The number of aryl methyl sites for hydroxylation is 3. The van der Waals surface area contributed by atoms with Crippen molar-refractivity contribution in [3.63, 3.8) is 0 Å². The molecule has 4 rings (SSSR count). The van der Waals surface area contributed by atoms with Crippen LogP contribution in [0.5, 0.6) is 0 Å². The Morgan fingerprint density at radius 2 is 1.62 bits per heavy atom. The van der Waals surface area contributed by atoms with E-state index in [9.17, 15) is 14.7 Å². The van der Waals surface area contributed by atoms with E-state index < -0.39 is 12.0 Å². The maximum Gasteiger partial charge on any atom is 1.00 e. The van der Waals surface area contributed by atoms with Crippen LogP contribution < -0.4 is 24.2 Å². The molecule has 4 aromatic rings. The molecule has 1 aromatic heterocycles. The van der Waals surface area contributed by atoms with Gasteiger partial charge < -0.3 is 11.8 Å². The van der Waals surface area contributed by atoms with E-state index >= 15 is 0 Å². The van der Waals surface area contributed by atoms with Gasteiger partial charge in [-0.15, -0.1) is 0 Å². The molecule has 0 radical (unpaired) electrons. The SMILES string of the molecule is CSCCC(NC(=O)c1ccc(CCc2cncc(-c3ccccc3)c2)cc1-c1ccccc1C)C(=O)O.[H-].[Li+]. The standard InChI is InChI=1S/C32H32N2O3S.Li.H/c1-22-8-6-7-11-27(22)29-19-23(14-15-28(29)31(35)34-30(32(36)37)16-17-38-2)12-13-24-18-26(21-33-20-24)25-9-4-3-5-10-25;;/h3-11,14-15,18-21,30H,12-13,16-17H2,1-2H3,(H,34,35)(H,36,37);;/q;+1;-1. The second-order valence-corrected chi connectivity index (χ2v) is 10.3. The van der Waals surface area contributed by atoms with Crippen LogP contribution in [0.15, 0.2) is 91.3 Å². The maximum absolute atomic E-state index is 13.3. The third kappa shape index (κ3) is 8.09. The van der Waals surface area contributed by atoms with Crippen molar-refractivity contribution in [3.8, 4) is 22.3 Å².